The molecular formula is C19H15FN4O2S. The lowest BCUT2D eigenvalue weighted by molar-refractivity contribution is 0.102. The van der Waals surface area contributed by atoms with Crippen molar-refractivity contribution in [3.05, 3.63) is 71.4 Å². The Morgan fingerprint density at radius 2 is 2.11 bits per heavy atom. The quantitative estimate of drug-likeness (QED) is 0.566. The molecule has 2 aromatic heterocycles. The van der Waals surface area contributed by atoms with Gasteiger partial charge in [0.2, 0.25) is 0 Å². The molecule has 0 unspecified atom stereocenters. The number of halogens is 1. The smallest absolute Gasteiger partial charge is 0.266 e. The molecule has 1 amide bonds. The van der Waals surface area contributed by atoms with Crippen molar-refractivity contribution in [2.75, 3.05) is 12.4 Å². The van der Waals surface area contributed by atoms with E-state index in [1.54, 1.807) is 29.2 Å². The van der Waals surface area contributed by atoms with Crippen molar-refractivity contribution in [2.24, 2.45) is 0 Å². The van der Waals surface area contributed by atoms with E-state index < -0.39 is 0 Å². The van der Waals surface area contributed by atoms with E-state index in [9.17, 15) is 9.18 Å². The maximum absolute atomic E-state index is 14.3. The van der Waals surface area contributed by atoms with Crippen LogP contribution in [0.5, 0.6) is 0 Å². The molecule has 0 spiro atoms. The van der Waals surface area contributed by atoms with Crippen LogP contribution in [0.25, 0.3) is 15.8 Å². The lowest BCUT2D eigenvalue weighted by atomic mass is 10.1. The summed E-state index contributed by atoms with van der Waals surface area (Å²) in [4.78, 5) is 17.3. The number of fused-ring (bicyclic) bond motifs is 1. The minimum Gasteiger partial charge on any atom is -0.380 e. The van der Waals surface area contributed by atoms with Gasteiger partial charge in [0.25, 0.3) is 5.91 Å². The van der Waals surface area contributed by atoms with Crippen LogP contribution in [0.4, 0.5) is 10.1 Å². The van der Waals surface area contributed by atoms with Gasteiger partial charge in [0.05, 0.1) is 22.9 Å². The number of benzene rings is 2. The van der Waals surface area contributed by atoms with Crippen LogP contribution in [-0.2, 0) is 11.3 Å². The molecule has 0 atom stereocenters. The number of aromatic nitrogens is 3. The molecule has 136 valence electrons. The van der Waals surface area contributed by atoms with Crippen molar-refractivity contribution in [3.63, 3.8) is 0 Å². The summed E-state index contributed by atoms with van der Waals surface area (Å²) in [5, 5.41) is 7.44. The van der Waals surface area contributed by atoms with Gasteiger partial charge >= 0.3 is 0 Å². The Kier molecular flexibility index (Phi) is 4.66. The second-order valence-corrected chi connectivity index (χ2v) is 6.82. The molecule has 4 aromatic rings. The van der Waals surface area contributed by atoms with Crippen LogP contribution >= 0.6 is 11.3 Å². The highest BCUT2D eigenvalue weighted by molar-refractivity contribution is 7.21. The van der Waals surface area contributed by atoms with Gasteiger partial charge in [-0.2, -0.15) is 5.10 Å². The summed E-state index contributed by atoms with van der Waals surface area (Å²) in [7, 11) is 1.52. The highest BCUT2D eigenvalue weighted by atomic mass is 32.1. The van der Waals surface area contributed by atoms with Crippen molar-refractivity contribution in [1.82, 2.24) is 14.8 Å². The molecule has 27 heavy (non-hydrogen) atoms. The van der Waals surface area contributed by atoms with Gasteiger partial charge in [-0.15, -0.1) is 11.3 Å². The van der Waals surface area contributed by atoms with E-state index in [1.165, 1.54) is 30.8 Å². The number of carbonyl (C=O) groups excluding carboxylic acids is 1. The summed E-state index contributed by atoms with van der Waals surface area (Å²) in [5.41, 5.74) is 1.81. The fourth-order valence-corrected chi connectivity index (χ4v) is 4.04. The molecule has 0 bridgehead atoms. The number of ether oxygens (including phenoxy) is 1. The molecule has 0 radical (unpaired) electrons. The second-order valence-electron chi connectivity index (χ2n) is 5.77. The predicted octanol–water partition coefficient (Wildman–Crippen LogP) is 4.02. The van der Waals surface area contributed by atoms with Gasteiger partial charge in [-0.25, -0.2) is 14.1 Å². The number of anilines is 1. The molecule has 4 rings (SSSR count). The zero-order chi connectivity index (χ0) is 18.8. The van der Waals surface area contributed by atoms with Gasteiger partial charge < -0.3 is 10.1 Å². The molecule has 0 aliphatic rings. The Morgan fingerprint density at radius 1 is 1.26 bits per heavy atom. The summed E-state index contributed by atoms with van der Waals surface area (Å²) in [5.74, 6) is -0.687. The van der Waals surface area contributed by atoms with Crippen molar-refractivity contribution < 1.29 is 13.9 Å². The third kappa shape index (κ3) is 3.20. The largest absolute Gasteiger partial charge is 0.380 e. The molecule has 1 N–H and O–H groups in total. The third-order valence-electron chi connectivity index (χ3n) is 4.08. The lowest BCUT2D eigenvalue weighted by Crippen LogP contribution is -2.14. The Hall–Kier alpha value is -3.10. The minimum absolute atomic E-state index is 0.147. The average Bonchev–Trinajstić information content (AvgIpc) is 3.31. The Morgan fingerprint density at radius 3 is 2.89 bits per heavy atom. The Bertz CT molecular complexity index is 1110. The minimum atomic E-state index is -0.363. The van der Waals surface area contributed by atoms with Gasteiger partial charge in [0.15, 0.2) is 0 Å². The Labute approximate surface area is 158 Å². The summed E-state index contributed by atoms with van der Waals surface area (Å²) in [6, 6.07) is 12.1. The van der Waals surface area contributed by atoms with E-state index in [0.29, 0.717) is 31.9 Å². The molecule has 2 heterocycles. The average molecular weight is 382 g/mol. The number of hydrogen-bond donors (Lipinski definition) is 1. The third-order valence-corrected chi connectivity index (χ3v) is 5.27. The van der Waals surface area contributed by atoms with E-state index in [4.69, 9.17) is 4.74 Å². The summed E-state index contributed by atoms with van der Waals surface area (Å²) < 4.78 is 21.8. The highest BCUT2D eigenvalue weighted by Gasteiger charge is 2.21. The van der Waals surface area contributed by atoms with Crippen molar-refractivity contribution >= 4 is 33.0 Å². The van der Waals surface area contributed by atoms with Crippen molar-refractivity contribution in [1.29, 1.82) is 0 Å². The maximum Gasteiger partial charge on any atom is 0.266 e. The summed E-state index contributed by atoms with van der Waals surface area (Å²) in [6.07, 6.45) is 2.97. The number of nitrogens with one attached hydrogen (secondary N) is 1. The van der Waals surface area contributed by atoms with E-state index >= 15 is 0 Å². The number of methoxy groups -OCH3 is 1. The van der Waals surface area contributed by atoms with Crippen molar-refractivity contribution in [3.8, 4) is 5.69 Å². The second kappa shape index (κ2) is 7.26. The van der Waals surface area contributed by atoms with Crippen LogP contribution in [0.3, 0.4) is 0 Å². The number of hydrogen-bond acceptors (Lipinski definition) is 5. The van der Waals surface area contributed by atoms with Gasteiger partial charge in [-0.3, -0.25) is 4.79 Å². The van der Waals surface area contributed by atoms with E-state index in [-0.39, 0.29) is 18.3 Å². The van der Waals surface area contributed by atoms with Crippen LogP contribution in [0.15, 0.2) is 55.1 Å². The predicted molar refractivity (Wildman–Crippen MR) is 102 cm³/mol. The number of thiophene rings is 1. The standard InChI is InChI=1S/C19H15FN4O2S/c1-26-9-12-17-13(20)5-4-8-16(17)27-18(12)19(25)23-14-6-2-3-7-15(14)24-11-21-10-22-24/h2-8,10-11H,9H2,1H3,(H,23,25). The first-order valence-electron chi connectivity index (χ1n) is 8.13. The topological polar surface area (TPSA) is 69.0 Å². The molecule has 6 nitrogen and oxygen atoms in total. The molecule has 0 fully saturated rings. The summed E-state index contributed by atoms with van der Waals surface area (Å²) in [6.45, 7) is 0.147. The number of carbonyl (C=O) groups is 1. The SMILES string of the molecule is COCc1c(C(=O)Nc2ccccc2-n2cncn2)sc2cccc(F)c12. The highest BCUT2D eigenvalue weighted by Crippen LogP contribution is 2.34. The number of para-hydroxylation sites is 2. The zero-order valence-corrected chi connectivity index (χ0v) is 15.2. The van der Waals surface area contributed by atoms with Gasteiger partial charge in [0.1, 0.15) is 18.5 Å². The van der Waals surface area contributed by atoms with Gasteiger partial charge in [-0.1, -0.05) is 18.2 Å². The van der Waals surface area contributed by atoms with E-state index in [0.717, 1.165) is 0 Å². The fourth-order valence-electron chi connectivity index (χ4n) is 2.92. The first-order chi connectivity index (χ1) is 13.2. The van der Waals surface area contributed by atoms with E-state index in [1.807, 2.05) is 18.2 Å². The lowest BCUT2D eigenvalue weighted by Gasteiger charge is -2.11. The number of amides is 1. The normalized spacial score (nSPS) is 11.0. The molecule has 0 aliphatic carbocycles. The van der Waals surface area contributed by atoms with Gasteiger partial charge in [-0.05, 0) is 24.3 Å². The van der Waals surface area contributed by atoms with Crippen LogP contribution in [0.1, 0.15) is 15.2 Å². The fraction of sp³-hybridized carbons (Fsp3) is 0.105. The van der Waals surface area contributed by atoms with Crippen LogP contribution in [-0.4, -0.2) is 27.8 Å². The maximum atomic E-state index is 14.3. The first-order valence-corrected chi connectivity index (χ1v) is 8.95. The molecule has 0 saturated carbocycles. The first kappa shape index (κ1) is 17.3. The van der Waals surface area contributed by atoms with Crippen LogP contribution < -0.4 is 5.32 Å². The number of rotatable bonds is 5. The number of nitrogens with zero attached hydrogens (tertiary/aromatic N) is 3. The molecule has 8 heteroatoms. The molecule has 2 aromatic carbocycles. The summed E-state index contributed by atoms with van der Waals surface area (Å²) >= 11 is 1.24. The Balaban J connectivity index is 1.75. The van der Waals surface area contributed by atoms with Crippen LogP contribution in [0, 0.1) is 5.82 Å². The molecule has 0 aliphatic heterocycles. The zero-order valence-electron chi connectivity index (χ0n) is 14.3. The van der Waals surface area contributed by atoms with Crippen LogP contribution in [0.2, 0.25) is 0 Å². The monoisotopic (exact) mass is 382 g/mol. The van der Waals surface area contributed by atoms with Gasteiger partial charge in [0, 0.05) is 22.8 Å². The van der Waals surface area contributed by atoms with Crippen molar-refractivity contribution in [2.45, 2.75) is 6.61 Å². The van der Waals surface area contributed by atoms with E-state index in [2.05, 4.69) is 15.4 Å². The molecule has 0 saturated heterocycles. The molecular weight excluding hydrogens is 367 g/mol.